The fourth-order valence-electron chi connectivity index (χ4n) is 0.438. The highest BCUT2D eigenvalue weighted by atomic mass is 32.2. The van der Waals surface area contributed by atoms with Crippen molar-refractivity contribution in [3.63, 3.8) is 0 Å². The summed E-state index contributed by atoms with van der Waals surface area (Å²) in [5, 5.41) is 1.48. The minimum Gasteiger partial charge on any atom is -0.297 e. The van der Waals surface area contributed by atoms with Crippen molar-refractivity contribution in [3.05, 3.63) is 22.5 Å². The van der Waals surface area contributed by atoms with E-state index in [0.717, 1.165) is 0 Å². The summed E-state index contributed by atoms with van der Waals surface area (Å²) >= 11 is 0. The molecule has 3 heteroatoms. The van der Waals surface area contributed by atoms with Crippen LogP contribution in [0, 0.1) is 0 Å². The molecule has 0 radical (unpaired) electrons. The zero-order valence-electron chi connectivity index (χ0n) is 4.03. The van der Waals surface area contributed by atoms with Crippen LogP contribution in [-0.2, 0) is 15.6 Å². The maximum absolute atomic E-state index is 10.5. The largest absolute Gasteiger partial charge is 0.297 e. The Hall–Kier alpha value is -0.700. The Balaban J connectivity index is 2.88. The van der Waals surface area contributed by atoms with Crippen molar-refractivity contribution in [3.8, 4) is 0 Å². The minimum absolute atomic E-state index is 0.352. The third-order valence-corrected chi connectivity index (χ3v) is 1.91. The van der Waals surface area contributed by atoms with Crippen LogP contribution in [0.15, 0.2) is 22.5 Å². The van der Waals surface area contributed by atoms with E-state index in [1.165, 1.54) is 5.41 Å². The topological polar surface area (TPSA) is 34.1 Å². The van der Waals surface area contributed by atoms with Crippen LogP contribution in [0.2, 0.25) is 0 Å². The highest BCUT2D eigenvalue weighted by Gasteiger charge is 2.04. The maximum Gasteiger partial charge on any atom is 0.159 e. The Morgan fingerprint density at radius 3 is 2.62 bits per heavy atom. The van der Waals surface area contributed by atoms with E-state index in [0.29, 0.717) is 11.2 Å². The summed E-state index contributed by atoms with van der Waals surface area (Å²) in [6.45, 7) is 0. The van der Waals surface area contributed by atoms with Gasteiger partial charge in [0.15, 0.2) is 6.29 Å². The van der Waals surface area contributed by atoms with E-state index in [2.05, 4.69) is 0 Å². The van der Waals surface area contributed by atoms with E-state index in [-0.39, 0.29) is 0 Å². The molecule has 0 N–H and O–H groups in total. The molecule has 0 spiro atoms. The zero-order valence-corrected chi connectivity index (χ0v) is 4.85. The Bertz CT molecular complexity index is 191. The number of aldehydes is 1. The van der Waals surface area contributed by atoms with Crippen LogP contribution in [0.1, 0.15) is 0 Å². The van der Waals surface area contributed by atoms with E-state index < -0.39 is 10.8 Å². The van der Waals surface area contributed by atoms with Crippen molar-refractivity contribution >= 4 is 17.1 Å². The Kier molecular flexibility index (Phi) is 1.39. The first-order valence-electron chi connectivity index (χ1n) is 2.09. The second-order valence-corrected chi connectivity index (χ2v) is 2.65. The molecule has 0 amide bonds. The third kappa shape index (κ3) is 0.767. The molecule has 1 unspecified atom stereocenters. The second-order valence-electron chi connectivity index (χ2n) is 1.31. The first kappa shape index (κ1) is 5.44. The summed E-state index contributed by atoms with van der Waals surface area (Å²) in [6, 6.07) is 0. The summed E-state index contributed by atoms with van der Waals surface area (Å²) in [4.78, 5) is 10.3. The molecule has 1 heterocycles. The van der Waals surface area contributed by atoms with Crippen molar-refractivity contribution in [2.75, 3.05) is 0 Å². The predicted octanol–water partition coefficient (Wildman–Crippen LogP) is 0.345. The van der Waals surface area contributed by atoms with Gasteiger partial charge in [0.1, 0.15) is 0 Å². The average Bonchev–Trinajstić information content (AvgIpc) is 2.14. The molecule has 0 fully saturated rings. The third-order valence-electron chi connectivity index (χ3n) is 0.811. The molecule has 1 aliphatic heterocycles. The van der Waals surface area contributed by atoms with Crippen LogP contribution in [0.25, 0.3) is 0 Å². The van der Waals surface area contributed by atoms with Crippen LogP contribution in [0.5, 0.6) is 0 Å². The van der Waals surface area contributed by atoms with Gasteiger partial charge in [-0.05, 0) is 6.08 Å². The number of hydrogen-bond donors (Lipinski definition) is 0. The standard InChI is InChI=1S/C5H4O2S/c6-4-5-2-1-3-8(5)7/h1-4H. The first-order valence-corrected chi connectivity index (χ1v) is 3.30. The van der Waals surface area contributed by atoms with E-state index in [9.17, 15) is 9.00 Å². The van der Waals surface area contributed by atoms with E-state index in [4.69, 9.17) is 0 Å². The summed E-state index contributed by atoms with van der Waals surface area (Å²) < 4.78 is 10.5. The lowest BCUT2D eigenvalue weighted by atomic mass is 10.5. The number of allylic oxidation sites excluding steroid dienone is 3. The highest BCUT2D eigenvalue weighted by Crippen LogP contribution is 2.06. The monoisotopic (exact) mass is 128 g/mol. The van der Waals surface area contributed by atoms with Crippen LogP contribution in [-0.4, -0.2) is 10.5 Å². The van der Waals surface area contributed by atoms with Crippen LogP contribution in [0.3, 0.4) is 0 Å². The van der Waals surface area contributed by atoms with Crippen molar-refractivity contribution < 1.29 is 9.00 Å². The Morgan fingerprint density at radius 1 is 1.62 bits per heavy atom. The minimum atomic E-state index is -1.15. The molecule has 1 aliphatic rings. The van der Waals surface area contributed by atoms with E-state index in [1.54, 1.807) is 12.2 Å². The van der Waals surface area contributed by atoms with Gasteiger partial charge in [-0.2, -0.15) is 0 Å². The van der Waals surface area contributed by atoms with Crippen molar-refractivity contribution in [1.82, 2.24) is 0 Å². The normalized spacial score (nSPS) is 25.5. The Morgan fingerprint density at radius 2 is 2.38 bits per heavy atom. The number of hydrogen-bond acceptors (Lipinski definition) is 2. The highest BCUT2D eigenvalue weighted by molar-refractivity contribution is 7.93. The van der Waals surface area contributed by atoms with Crippen LogP contribution in [0.4, 0.5) is 0 Å². The molecule has 1 rings (SSSR count). The lowest BCUT2D eigenvalue weighted by Gasteiger charge is -1.80. The molecular formula is C5H4O2S. The number of carbonyl (C=O) groups is 1. The van der Waals surface area contributed by atoms with Crippen LogP contribution < -0.4 is 0 Å². The molecule has 0 aromatic heterocycles. The fraction of sp³-hybridized carbons (Fsp3) is 0. The van der Waals surface area contributed by atoms with Crippen molar-refractivity contribution in [2.45, 2.75) is 0 Å². The SMILES string of the molecule is O=CC1=CC=CS1=O. The summed E-state index contributed by atoms with van der Waals surface area (Å²) in [5.41, 5.74) is 0. The summed E-state index contributed by atoms with van der Waals surface area (Å²) in [7, 11) is -1.15. The fourth-order valence-corrected chi connectivity index (χ4v) is 1.12. The van der Waals surface area contributed by atoms with Gasteiger partial charge < -0.3 is 0 Å². The lowest BCUT2D eigenvalue weighted by molar-refractivity contribution is -0.104. The first-order chi connectivity index (χ1) is 3.84. The average molecular weight is 128 g/mol. The lowest BCUT2D eigenvalue weighted by Crippen LogP contribution is -1.85. The molecule has 0 saturated heterocycles. The molecule has 42 valence electrons. The molecule has 0 saturated carbocycles. The van der Waals surface area contributed by atoms with Crippen molar-refractivity contribution in [2.24, 2.45) is 0 Å². The summed E-state index contributed by atoms with van der Waals surface area (Å²) in [5.74, 6) is 0. The molecule has 0 bridgehead atoms. The molecule has 2 nitrogen and oxygen atoms in total. The van der Waals surface area contributed by atoms with Gasteiger partial charge in [-0.25, -0.2) is 4.21 Å². The molecule has 0 aliphatic carbocycles. The van der Waals surface area contributed by atoms with Crippen LogP contribution >= 0.6 is 0 Å². The van der Waals surface area contributed by atoms with Crippen molar-refractivity contribution in [1.29, 1.82) is 0 Å². The second kappa shape index (κ2) is 2.05. The number of rotatable bonds is 1. The number of carbonyl (C=O) groups excluding carboxylic acids is 1. The molecule has 0 aromatic rings. The summed E-state index contributed by atoms with van der Waals surface area (Å²) in [6.07, 6.45) is 3.76. The predicted molar refractivity (Wildman–Crippen MR) is 31.4 cm³/mol. The maximum atomic E-state index is 10.5. The molecular weight excluding hydrogens is 124 g/mol. The quantitative estimate of drug-likeness (QED) is 0.477. The Labute approximate surface area is 49.3 Å². The van der Waals surface area contributed by atoms with Gasteiger partial charge in [0, 0.05) is 5.41 Å². The van der Waals surface area contributed by atoms with Gasteiger partial charge in [0.25, 0.3) is 0 Å². The van der Waals surface area contributed by atoms with E-state index in [1.807, 2.05) is 0 Å². The molecule has 8 heavy (non-hydrogen) atoms. The van der Waals surface area contributed by atoms with Gasteiger partial charge in [-0.3, -0.25) is 4.79 Å². The van der Waals surface area contributed by atoms with Gasteiger partial charge in [-0.1, -0.05) is 6.08 Å². The van der Waals surface area contributed by atoms with Gasteiger partial charge in [-0.15, -0.1) is 0 Å². The molecule has 0 aromatic carbocycles. The molecule has 1 atom stereocenters. The van der Waals surface area contributed by atoms with Gasteiger partial charge >= 0.3 is 0 Å². The van der Waals surface area contributed by atoms with Gasteiger partial charge in [0.05, 0.1) is 15.7 Å². The smallest absolute Gasteiger partial charge is 0.159 e. The van der Waals surface area contributed by atoms with Gasteiger partial charge in [0.2, 0.25) is 0 Å². The van der Waals surface area contributed by atoms with E-state index >= 15 is 0 Å². The zero-order chi connectivity index (χ0) is 5.98.